The van der Waals surface area contributed by atoms with Crippen LogP contribution in [-0.2, 0) is 14.8 Å². The summed E-state index contributed by atoms with van der Waals surface area (Å²) >= 11 is 0. The molecular formula is C17H24FN3O3S. The van der Waals surface area contributed by atoms with Gasteiger partial charge in [0.25, 0.3) is 0 Å². The number of carbonyl (C=O) groups is 1. The van der Waals surface area contributed by atoms with Crippen LogP contribution in [0.2, 0.25) is 0 Å². The molecule has 0 spiro atoms. The Morgan fingerprint density at radius 1 is 1.00 bits per heavy atom. The molecule has 1 amide bonds. The van der Waals surface area contributed by atoms with E-state index < -0.39 is 15.8 Å². The Morgan fingerprint density at radius 3 is 2.12 bits per heavy atom. The van der Waals surface area contributed by atoms with Crippen molar-refractivity contribution in [3.05, 3.63) is 30.1 Å². The quantitative estimate of drug-likeness (QED) is 0.799. The summed E-state index contributed by atoms with van der Waals surface area (Å²) in [5.41, 5.74) is 0. The molecule has 2 aliphatic heterocycles. The van der Waals surface area contributed by atoms with Gasteiger partial charge in [0.05, 0.1) is 10.9 Å². The summed E-state index contributed by atoms with van der Waals surface area (Å²) in [4.78, 5) is 16.5. The molecule has 2 saturated heterocycles. The van der Waals surface area contributed by atoms with Crippen LogP contribution in [0.1, 0.15) is 19.8 Å². The van der Waals surface area contributed by atoms with Crippen LogP contribution < -0.4 is 0 Å². The lowest BCUT2D eigenvalue weighted by Gasteiger charge is -2.37. The molecule has 1 aromatic carbocycles. The third-order valence-corrected chi connectivity index (χ3v) is 6.96. The van der Waals surface area contributed by atoms with Gasteiger partial charge in [-0.25, -0.2) is 12.8 Å². The molecule has 0 unspecified atom stereocenters. The van der Waals surface area contributed by atoms with Crippen molar-refractivity contribution in [2.45, 2.75) is 30.7 Å². The lowest BCUT2D eigenvalue weighted by molar-refractivity contribution is -0.135. The average molecular weight is 369 g/mol. The number of carbonyl (C=O) groups excluding carboxylic acids is 1. The van der Waals surface area contributed by atoms with Crippen molar-refractivity contribution < 1.29 is 17.6 Å². The second-order valence-corrected chi connectivity index (χ2v) is 8.54. The largest absolute Gasteiger partial charge is 0.341 e. The van der Waals surface area contributed by atoms with Crippen molar-refractivity contribution in [1.29, 1.82) is 0 Å². The van der Waals surface area contributed by atoms with Crippen molar-refractivity contribution in [1.82, 2.24) is 14.1 Å². The number of benzene rings is 1. The zero-order chi connectivity index (χ0) is 18.0. The zero-order valence-corrected chi connectivity index (χ0v) is 15.2. The Bertz CT molecular complexity index is 709. The molecule has 8 heteroatoms. The molecular weight excluding hydrogens is 345 g/mol. The fourth-order valence-electron chi connectivity index (χ4n) is 3.44. The minimum atomic E-state index is -3.62. The first-order chi connectivity index (χ1) is 11.9. The molecule has 2 fully saturated rings. The summed E-state index contributed by atoms with van der Waals surface area (Å²) in [5, 5.41) is 0. The van der Waals surface area contributed by atoms with Crippen LogP contribution in [0.3, 0.4) is 0 Å². The van der Waals surface area contributed by atoms with E-state index in [9.17, 15) is 17.6 Å². The molecule has 0 bridgehead atoms. The van der Waals surface area contributed by atoms with E-state index in [1.54, 1.807) is 0 Å². The van der Waals surface area contributed by atoms with Crippen LogP contribution in [0.5, 0.6) is 0 Å². The van der Waals surface area contributed by atoms with Gasteiger partial charge < -0.3 is 4.90 Å². The summed E-state index contributed by atoms with van der Waals surface area (Å²) in [6, 6.07) is 4.65. The molecule has 2 aliphatic rings. The fraction of sp³-hybridized carbons (Fsp3) is 0.588. The Hall–Kier alpha value is -1.51. The summed E-state index contributed by atoms with van der Waals surface area (Å²) in [7, 11) is -3.62. The van der Waals surface area contributed by atoms with Crippen LogP contribution >= 0.6 is 0 Å². The molecule has 25 heavy (non-hydrogen) atoms. The molecule has 1 aromatic rings. The first-order valence-corrected chi connectivity index (χ1v) is 10.1. The van der Waals surface area contributed by atoms with E-state index in [-0.39, 0.29) is 16.8 Å². The molecule has 138 valence electrons. The highest BCUT2D eigenvalue weighted by Crippen LogP contribution is 2.20. The number of amides is 1. The number of hydrogen-bond acceptors (Lipinski definition) is 4. The monoisotopic (exact) mass is 369 g/mol. The van der Waals surface area contributed by atoms with Gasteiger partial charge in [0.2, 0.25) is 15.9 Å². The van der Waals surface area contributed by atoms with Crippen LogP contribution in [0, 0.1) is 5.82 Å². The molecule has 3 rings (SSSR count). The van der Waals surface area contributed by atoms with E-state index in [0.29, 0.717) is 26.2 Å². The van der Waals surface area contributed by atoms with Gasteiger partial charge in [0, 0.05) is 39.3 Å². The highest BCUT2D eigenvalue weighted by atomic mass is 32.2. The minimum Gasteiger partial charge on any atom is -0.341 e. The Labute approximate surface area is 148 Å². The van der Waals surface area contributed by atoms with Crippen LogP contribution in [0.4, 0.5) is 4.39 Å². The maximum absolute atomic E-state index is 13.0. The molecule has 2 heterocycles. The Balaban J connectivity index is 1.61. The Kier molecular flexibility index (Phi) is 5.41. The van der Waals surface area contributed by atoms with E-state index in [1.165, 1.54) is 16.4 Å². The summed E-state index contributed by atoms with van der Waals surface area (Å²) in [5.74, 6) is -0.328. The summed E-state index contributed by atoms with van der Waals surface area (Å²) in [6.07, 6.45) is 2.12. The van der Waals surface area contributed by atoms with Gasteiger partial charge in [-0.1, -0.05) is 0 Å². The topological polar surface area (TPSA) is 60.9 Å². The Morgan fingerprint density at radius 2 is 1.56 bits per heavy atom. The SMILES string of the molecule is C[C@@H](C(=O)N1CCCC1)N1CCN(S(=O)(=O)c2ccc(F)cc2)CC1. The maximum Gasteiger partial charge on any atom is 0.243 e. The van der Waals surface area contributed by atoms with Crippen molar-refractivity contribution in [2.24, 2.45) is 0 Å². The first kappa shape index (κ1) is 18.3. The van der Waals surface area contributed by atoms with Crippen molar-refractivity contribution >= 4 is 15.9 Å². The number of sulfonamides is 1. The molecule has 1 atom stereocenters. The molecule has 0 aromatic heterocycles. The lowest BCUT2D eigenvalue weighted by Crippen LogP contribution is -2.55. The van der Waals surface area contributed by atoms with Gasteiger partial charge in [-0.15, -0.1) is 0 Å². The van der Waals surface area contributed by atoms with Gasteiger partial charge in [0.15, 0.2) is 0 Å². The second kappa shape index (κ2) is 7.39. The molecule has 0 saturated carbocycles. The fourth-order valence-corrected chi connectivity index (χ4v) is 4.87. The van der Waals surface area contributed by atoms with E-state index in [4.69, 9.17) is 0 Å². The smallest absolute Gasteiger partial charge is 0.243 e. The molecule has 6 nitrogen and oxygen atoms in total. The normalized spacial score (nSPS) is 21.4. The highest BCUT2D eigenvalue weighted by molar-refractivity contribution is 7.89. The third-order valence-electron chi connectivity index (χ3n) is 5.05. The first-order valence-electron chi connectivity index (χ1n) is 8.68. The van der Waals surface area contributed by atoms with Gasteiger partial charge in [-0.3, -0.25) is 9.69 Å². The van der Waals surface area contributed by atoms with Crippen molar-refractivity contribution in [3.63, 3.8) is 0 Å². The minimum absolute atomic E-state index is 0.101. The van der Waals surface area contributed by atoms with Crippen LogP contribution in [-0.4, -0.2) is 73.7 Å². The van der Waals surface area contributed by atoms with Gasteiger partial charge in [0.1, 0.15) is 5.82 Å². The number of likely N-dealkylation sites (tertiary alicyclic amines) is 1. The lowest BCUT2D eigenvalue weighted by atomic mass is 10.2. The molecule has 0 aliphatic carbocycles. The molecule has 0 N–H and O–H groups in total. The van der Waals surface area contributed by atoms with Crippen molar-refractivity contribution in [2.75, 3.05) is 39.3 Å². The second-order valence-electron chi connectivity index (χ2n) is 6.60. The van der Waals surface area contributed by atoms with Crippen LogP contribution in [0.25, 0.3) is 0 Å². The van der Waals surface area contributed by atoms with E-state index in [0.717, 1.165) is 38.1 Å². The summed E-state index contributed by atoms with van der Waals surface area (Å²) in [6.45, 7) is 5.23. The number of piperazine rings is 1. The van der Waals surface area contributed by atoms with Crippen LogP contribution in [0.15, 0.2) is 29.2 Å². The number of halogens is 1. The van der Waals surface area contributed by atoms with Crippen molar-refractivity contribution in [3.8, 4) is 0 Å². The standard InChI is InChI=1S/C17H24FN3O3S/c1-14(17(22)20-8-2-3-9-20)19-10-12-21(13-11-19)25(23,24)16-6-4-15(18)5-7-16/h4-7,14H,2-3,8-13H2,1H3/t14-/m0/s1. The predicted octanol–water partition coefficient (Wildman–Crippen LogP) is 1.14. The van der Waals surface area contributed by atoms with Gasteiger partial charge in [-0.05, 0) is 44.0 Å². The number of rotatable bonds is 4. The zero-order valence-electron chi connectivity index (χ0n) is 14.4. The predicted molar refractivity (Wildman–Crippen MR) is 92.0 cm³/mol. The number of nitrogens with zero attached hydrogens (tertiary/aromatic N) is 3. The van der Waals surface area contributed by atoms with E-state index in [1.807, 2.05) is 16.7 Å². The van der Waals surface area contributed by atoms with Gasteiger partial charge >= 0.3 is 0 Å². The van der Waals surface area contributed by atoms with E-state index >= 15 is 0 Å². The third kappa shape index (κ3) is 3.86. The highest BCUT2D eigenvalue weighted by Gasteiger charge is 2.33. The maximum atomic E-state index is 13.0. The average Bonchev–Trinajstić information content (AvgIpc) is 3.15. The van der Waals surface area contributed by atoms with E-state index in [2.05, 4.69) is 0 Å². The van der Waals surface area contributed by atoms with Gasteiger partial charge in [-0.2, -0.15) is 4.31 Å². The number of hydrogen-bond donors (Lipinski definition) is 0. The molecule has 0 radical (unpaired) electrons. The summed E-state index contributed by atoms with van der Waals surface area (Å²) < 4.78 is 39.7.